The minimum Gasteiger partial charge on any atom is -0.394 e. The van der Waals surface area contributed by atoms with Gasteiger partial charge in [0, 0.05) is 13.0 Å². The maximum Gasteiger partial charge on any atom is 0.220 e. The van der Waals surface area contributed by atoms with Gasteiger partial charge in [-0.1, -0.05) is 12.2 Å². The average molecular weight is 199 g/mol. The number of carbonyl (C=O) groups is 1. The standard InChI is InChI=1S/C10H17NO3/c12-7-9(13)6-11-10(14)5-8-3-1-2-4-8/h1,3,8-9,12-13H,2,4-7H2,(H,11,14). The van der Waals surface area contributed by atoms with Crippen molar-refractivity contribution in [2.75, 3.05) is 13.2 Å². The molecule has 0 fully saturated rings. The Bertz CT molecular complexity index is 215. The van der Waals surface area contributed by atoms with Crippen molar-refractivity contribution >= 4 is 5.91 Å². The van der Waals surface area contributed by atoms with Crippen LogP contribution in [0.15, 0.2) is 12.2 Å². The van der Waals surface area contributed by atoms with Gasteiger partial charge in [0.25, 0.3) is 0 Å². The van der Waals surface area contributed by atoms with E-state index in [0.29, 0.717) is 12.3 Å². The molecule has 1 aliphatic carbocycles. The third-order valence-corrected chi connectivity index (χ3v) is 2.31. The number of amides is 1. The van der Waals surface area contributed by atoms with E-state index in [1.54, 1.807) is 0 Å². The van der Waals surface area contributed by atoms with E-state index >= 15 is 0 Å². The van der Waals surface area contributed by atoms with Gasteiger partial charge in [-0.25, -0.2) is 0 Å². The van der Waals surface area contributed by atoms with Gasteiger partial charge in [-0.2, -0.15) is 0 Å². The lowest BCUT2D eigenvalue weighted by Gasteiger charge is -2.10. The molecule has 0 saturated carbocycles. The molecule has 1 amide bonds. The zero-order valence-corrected chi connectivity index (χ0v) is 8.15. The van der Waals surface area contributed by atoms with Crippen LogP contribution in [0.2, 0.25) is 0 Å². The molecule has 3 N–H and O–H groups in total. The van der Waals surface area contributed by atoms with Crippen LogP contribution in [0, 0.1) is 5.92 Å². The van der Waals surface area contributed by atoms with Crippen molar-refractivity contribution in [3.63, 3.8) is 0 Å². The Labute approximate surface area is 83.6 Å². The van der Waals surface area contributed by atoms with E-state index in [9.17, 15) is 4.79 Å². The predicted molar refractivity (Wildman–Crippen MR) is 52.6 cm³/mol. The van der Waals surface area contributed by atoms with Crippen molar-refractivity contribution in [2.45, 2.75) is 25.4 Å². The first-order chi connectivity index (χ1) is 6.72. The molecule has 0 radical (unpaired) electrons. The summed E-state index contributed by atoms with van der Waals surface area (Å²) >= 11 is 0. The molecule has 4 nitrogen and oxygen atoms in total. The molecule has 1 rings (SSSR count). The van der Waals surface area contributed by atoms with Gasteiger partial charge in [-0.05, 0) is 18.8 Å². The van der Waals surface area contributed by atoms with Gasteiger partial charge in [0.05, 0.1) is 12.7 Å². The van der Waals surface area contributed by atoms with Crippen LogP contribution in [0.5, 0.6) is 0 Å². The number of allylic oxidation sites excluding steroid dienone is 2. The minimum atomic E-state index is -0.849. The van der Waals surface area contributed by atoms with Crippen LogP contribution in [0.3, 0.4) is 0 Å². The lowest BCUT2D eigenvalue weighted by atomic mass is 10.1. The van der Waals surface area contributed by atoms with Crippen LogP contribution in [0.4, 0.5) is 0 Å². The fourth-order valence-corrected chi connectivity index (χ4v) is 1.47. The Kier molecular flexibility index (Phi) is 4.62. The maximum atomic E-state index is 11.3. The maximum absolute atomic E-state index is 11.3. The topological polar surface area (TPSA) is 69.6 Å². The van der Waals surface area contributed by atoms with E-state index in [0.717, 1.165) is 12.8 Å². The second-order valence-electron chi connectivity index (χ2n) is 3.61. The van der Waals surface area contributed by atoms with Crippen LogP contribution in [0.25, 0.3) is 0 Å². The molecule has 0 spiro atoms. The smallest absolute Gasteiger partial charge is 0.220 e. The fourth-order valence-electron chi connectivity index (χ4n) is 1.47. The summed E-state index contributed by atoms with van der Waals surface area (Å²) in [4.78, 5) is 11.3. The molecular formula is C10H17NO3. The third kappa shape index (κ3) is 3.89. The number of rotatable bonds is 5. The van der Waals surface area contributed by atoms with E-state index in [4.69, 9.17) is 10.2 Å². The summed E-state index contributed by atoms with van der Waals surface area (Å²) in [7, 11) is 0. The van der Waals surface area contributed by atoms with E-state index in [2.05, 4.69) is 17.5 Å². The number of aliphatic hydroxyl groups is 2. The first kappa shape index (κ1) is 11.2. The Morgan fingerprint density at radius 3 is 3.00 bits per heavy atom. The number of nitrogens with one attached hydrogen (secondary N) is 1. The second-order valence-corrected chi connectivity index (χ2v) is 3.61. The van der Waals surface area contributed by atoms with Gasteiger partial charge in [-0.3, -0.25) is 4.79 Å². The highest BCUT2D eigenvalue weighted by Gasteiger charge is 2.14. The molecule has 0 aromatic carbocycles. The molecule has 0 aromatic heterocycles. The highest BCUT2D eigenvalue weighted by atomic mass is 16.3. The normalized spacial score (nSPS) is 22.3. The molecule has 0 saturated heterocycles. The molecule has 0 aliphatic heterocycles. The van der Waals surface area contributed by atoms with Gasteiger partial charge in [0.15, 0.2) is 0 Å². The highest BCUT2D eigenvalue weighted by molar-refractivity contribution is 5.76. The first-order valence-electron chi connectivity index (χ1n) is 4.94. The van der Waals surface area contributed by atoms with Crippen LogP contribution in [-0.2, 0) is 4.79 Å². The second kappa shape index (κ2) is 5.78. The lowest BCUT2D eigenvalue weighted by molar-refractivity contribution is -0.122. The number of hydrogen-bond acceptors (Lipinski definition) is 3. The summed E-state index contributed by atoms with van der Waals surface area (Å²) in [6.07, 6.45) is 5.86. The van der Waals surface area contributed by atoms with Crippen molar-refractivity contribution in [3.05, 3.63) is 12.2 Å². The predicted octanol–water partition coefficient (Wildman–Crippen LogP) is -0.188. The molecule has 0 heterocycles. The van der Waals surface area contributed by atoms with E-state index in [1.807, 2.05) is 0 Å². The van der Waals surface area contributed by atoms with Gasteiger partial charge >= 0.3 is 0 Å². The summed E-state index contributed by atoms with van der Waals surface area (Å²) in [6.45, 7) is -0.185. The quantitative estimate of drug-likeness (QED) is 0.538. The van der Waals surface area contributed by atoms with E-state index in [1.165, 1.54) is 0 Å². The lowest BCUT2D eigenvalue weighted by Crippen LogP contribution is -2.34. The fraction of sp³-hybridized carbons (Fsp3) is 0.700. The van der Waals surface area contributed by atoms with Gasteiger partial charge in [-0.15, -0.1) is 0 Å². The Balaban J connectivity index is 2.12. The molecule has 14 heavy (non-hydrogen) atoms. The molecule has 80 valence electrons. The zero-order chi connectivity index (χ0) is 10.4. The van der Waals surface area contributed by atoms with Crippen LogP contribution in [-0.4, -0.2) is 35.4 Å². The Morgan fingerprint density at radius 2 is 2.43 bits per heavy atom. The average Bonchev–Trinajstić information content (AvgIpc) is 2.66. The highest BCUT2D eigenvalue weighted by Crippen LogP contribution is 2.19. The zero-order valence-electron chi connectivity index (χ0n) is 8.15. The SMILES string of the molecule is O=C(CC1C=CCC1)NCC(O)CO. The first-order valence-corrected chi connectivity index (χ1v) is 4.94. The number of hydrogen-bond donors (Lipinski definition) is 3. The summed E-state index contributed by atoms with van der Waals surface area (Å²) < 4.78 is 0. The third-order valence-electron chi connectivity index (χ3n) is 2.31. The van der Waals surface area contributed by atoms with Crippen molar-refractivity contribution < 1.29 is 15.0 Å². The molecule has 0 aromatic rings. The van der Waals surface area contributed by atoms with Gasteiger partial charge in [0.2, 0.25) is 5.91 Å². The Morgan fingerprint density at radius 1 is 1.64 bits per heavy atom. The monoisotopic (exact) mass is 199 g/mol. The molecular weight excluding hydrogens is 182 g/mol. The van der Waals surface area contributed by atoms with E-state index in [-0.39, 0.29) is 19.1 Å². The van der Waals surface area contributed by atoms with Crippen molar-refractivity contribution in [2.24, 2.45) is 5.92 Å². The number of carbonyl (C=O) groups excluding carboxylic acids is 1. The summed E-state index contributed by atoms with van der Waals surface area (Å²) in [6, 6.07) is 0. The number of aliphatic hydroxyl groups excluding tert-OH is 2. The molecule has 2 unspecified atom stereocenters. The molecule has 2 atom stereocenters. The van der Waals surface area contributed by atoms with Crippen LogP contribution >= 0.6 is 0 Å². The minimum absolute atomic E-state index is 0.0611. The van der Waals surface area contributed by atoms with Crippen LogP contribution in [0.1, 0.15) is 19.3 Å². The van der Waals surface area contributed by atoms with Gasteiger partial charge in [0.1, 0.15) is 0 Å². The summed E-state index contributed by atoms with van der Waals surface area (Å²) in [5.41, 5.74) is 0. The molecule has 4 heteroatoms. The largest absolute Gasteiger partial charge is 0.394 e. The Hall–Kier alpha value is -0.870. The van der Waals surface area contributed by atoms with Crippen LogP contribution < -0.4 is 5.32 Å². The van der Waals surface area contributed by atoms with Crippen molar-refractivity contribution in [1.82, 2.24) is 5.32 Å². The summed E-state index contributed by atoms with van der Waals surface area (Å²) in [5, 5.41) is 20.1. The summed E-state index contributed by atoms with van der Waals surface area (Å²) in [5.74, 6) is 0.287. The molecule has 0 bridgehead atoms. The molecule has 1 aliphatic rings. The van der Waals surface area contributed by atoms with E-state index < -0.39 is 6.10 Å². The van der Waals surface area contributed by atoms with Crippen molar-refractivity contribution in [3.8, 4) is 0 Å². The van der Waals surface area contributed by atoms with Gasteiger partial charge < -0.3 is 15.5 Å². The van der Waals surface area contributed by atoms with Crippen molar-refractivity contribution in [1.29, 1.82) is 0 Å².